The van der Waals surface area contributed by atoms with E-state index in [1.54, 1.807) is 31.2 Å². The van der Waals surface area contributed by atoms with E-state index < -0.39 is 5.25 Å². The summed E-state index contributed by atoms with van der Waals surface area (Å²) in [5.41, 5.74) is 2.37. The molecule has 4 rings (SSSR count). The van der Waals surface area contributed by atoms with Gasteiger partial charge in [0, 0.05) is 15.5 Å². The van der Waals surface area contributed by atoms with E-state index in [2.05, 4.69) is 17.6 Å². The summed E-state index contributed by atoms with van der Waals surface area (Å²) in [5.74, 6) is 0.371. The number of carbonyl (C=O) groups is 3. The number of rotatable bonds is 10. The predicted molar refractivity (Wildman–Crippen MR) is 159 cm³/mol. The Balaban J connectivity index is 1.47. The highest BCUT2D eigenvalue weighted by Gasteiger charge is 2.30. The molecule has 0 saturated heterocycles. The van der Waals surface area contributed by atoms with E-state index in [9.17, 15) is 14.4 Å². The van der Waals surface area contributed by atoms with Crippen molar-refractivity contribution < 1.29 is 28.6 Å². The first-order chi connectivity index (χ1) is 19.2. The van der Waals surface area contributed by atoms with E-state index in [1.165, 1.54) is 37.3 Å². The molecule has 0 aliphatic heterocycles. The van der Waals surface area contributed by atoms with Crippen molar-refractivity contribution in [2.75, 3.05) is 31.5 Å². The number of hydrogen-bond donors (Lipinski definition) is 2. The van der Waals surface area contributed by atoms with Crippen LogP contribution in [0.25, 0.3) is 0 Å². The molecule has 0 bridgehead atoms. The molecule has 0 saturated carbocycles. The first-order valence-electron chi connectivity index (χ1n) is 13.2. The quantitative estimate of drug-likeness (QED) is 0.210. The maximum atomic E-state index is 13.2. The van der Waals surface area contributed by atoms with Gasteiger partial charge in [0.2, 0.25) is 5.91 Å². The van der Waals surface area contributed by atoms with Gasteiger partial charge in [0.05, 0.1) is 31.6 Å². The molecule has 0 fully saturated rings. The van der Waals surface area contributed by atoms with E-state index in [1.807, 2.05) is 25.1 Å². The molecule has 1 aliphatic carbocycles. The van der Waals surface area contributed by atoms with Crippen molar-refractivity contribution in [3.8, 4) is 11.5 Å². The molecule has 10 heteroatoms. The van der Waals surface area contributed by atoms with Gasteiger partial charge >= 0.3 is 5.97 Å². The van der Waals surface area contributed by atoms with E-state index in [0.29, 0.717) is 39.2 Å². The molecular formula is C30H34N2O6S2. The number of hydrogen-bond acceptors (Lipinski definition) is 8. The lowest BCUT2D eigenvalue weighted by atomic mass is 9.88. The van der Waals surface area contributed by atoms with Crippen molar-refractivity contribution in [2.45, 2.75) is 50.2 Å². The summed E-state index contributed by atoms with van der Waals surface area (Å²) in [5, 5.41) is 5.98. The standard InChI is InChI=1S/C30H34N2O6S2/c1-6-38-30(35)25-21-14-13-17(2)15-24(21)40-29(25)32-27(33)18(3)39-20-10-7-9-19(16-20)31-28(34)26-22(36-4)11-8-12-23(26)37-5/h7-12,16-18H,6,13-15H2,1-5H3,(H,31,34)(H,32,33). The fraction of sp³-hybridized carbons (Fsp3) is 0.367. The molecule has 8 nitrogen and oxygen atoms in total. The number of benzene rings is 2. The lowest BCUT2D eigenvalue weighted by Gasteiger charge is -2.18. The highest BCUT2D eigenvalue weighted by atomic mass is 32.2. The molecule has 3 aromatic rings. The van der Waals surface area contributed by atoms with Gasteiger partial charge in [-0.25, -0.2) is 4.79 Å². The minimum absolute atomic E-state index is 0.213. The molecular weight excluding hydrogens is 548 g/mol. The lowest BCUT2D eigenvalue weighted by molar-refractivity contribution is -0.115. The molecule has 40 heavy (non-hydrogen) atoms. The minimum atomic E-state index is -0.464. The van der Waals surface area contributed by atoms with Crippen molar-refractivity contribution in [1.29, 1.82) is 0 Å². The zero-order valence-corrected chi connectivity index (χ0v) is 24.9. The second kappa shape index (κ2) is 13.2. The average Bonchev–Trinajstić information content (AvgIpc) is 3.29. The van der Waals surface area contributed by atoms with Crippen LogP contribution in [0.5, 0.6) is 11.5 Å². The van der Waals surface area contributed by atoms with Crippen molar-refractivity contribution in [1.82, 2.24) is 0 Å². The largest absolute Gasteiger partial charge is 0.496 e. The molecule has 0 radical (unpaired) electrons. The van der Waals surface area contributed by atoms with Crippen LogP contribution in [0, 0.1) is 5.92 Å². The Morgan fingerprint density at radius 1 is 1.05 bits per heavy atom. The van der Waals surface area contributed by atoms with Crippen LogP contribution >= 0.6 is 23.1 Å². The molecule has 1 aromatic heterocycles. The van der Waals surface area contributed by atoms with Crippen LogP contribution in [-0.2, 0) is 22.4 Å². The number of ether oxygens (including phenoxy) is 3. The van der Waals surface area contributed by atoms with Gasteiger partial charge in [-0.2, -0.15) is 0 Å². The van der Waals surface area contributed by atoms with E-state index in [4.69, 9.17) is 14.2 Å². The Bertz CT molecular complexity index is 1380. The summed E-state index contributed by atoms with van der Waals surface area (Å²) in [6.45, 7) is 6.06. The van der Waals surface area contributed by atoms with Crippen LogP contribution in [0.15, 0.2) is 47.4 Å². The summed E-state index contributed by atoms with van der Waals surface area (Å²) in [7, 11) is 2.99. The first-order valence-corrected chi connectivity index (χ1v) is 14.9. The van der Waals surface area contributed by atoms with Gasteiger partial charge in [0.25, 0.3) is 5.91 Å². The fourth-order valence-electron chi connectivity index (χ4n) is 4.64. The number of esters is 1. The van der Waals surface area contributed by atoms with Crippen LogP contribution in [-0.4, -0.2) is 43.9 Å². The molecule has 2 atom stereocenters. The fourth-order valence-corrected chi connectivity index (χ4v) is 6.97. The van der Waals surface area contributed by atoms with Gasteiger partial charge in [0.1, 0.15) is 22.1 Å². The minimum Gasteiger partial charge on any atom is -0.496 e. The Morgan fingerprint density at radius 3 is 2.42 bits per heavy atom. The summed E-state index contributed by atoms with van der Waals surface area (Å²) in [6, 6.07) is 12.4. The second-order valence-corrected chi connectivity index (χ2v) is 12.1. The van der Waals surface area contributed by atoms with Crippen molar-refractivity contribution in [3.05, 3.63) is 64.0 Å². The average molecular weight is 583 g/mol. The third kappa shape index (κ3) is 6.62. The molecule has 212 valence electrons. The molecule has 2 aromatic carbocycles. The first kappa shape index (κ1) is 29.5. The lowest BCUT2D eigenvalue weighted by Crippen LogP contribution is -2.23. The van der Waals surface area contributed by atoms with Gasteiger partial charge in [-0.1, -0.05) is 19.1 Å². The van der Waals surface area contributed by atoms with E-state index >= 15 is 0 Å². The van der Waals surface area contributed by atoms with Gasteiger partial charge in [-0.15, -0.1) is 23.1 Å². The Labute approximate surface area is 242 Å². The van der Waals surface area contributed by atoms with Gasteiger partial charge < -0.3 is 24.8 Å². The summed E-state index contributed by atoms with van der Waals surface area (Å²) < 4.78 is 16.0. The molecule has 1 aliphatic rings. The highest BCUT2D eigenvalue weighted by Crippen LogP contribution is 2.40. The number of methoxy groups -OCH3 is 2. The number of thiophene rings is 1. The van der Waals surface area contributed by atoms with E-state index in [0.717, 1.165) is 34.6 Å². The van der Waals surface area contributed by atoms with Crippen LogP contribution in [0.3, 0.4) is 0 Å². The smallest absolute Gasteiger partial charge is 0.341 e. The van der Waals surface area contributed by atoms with Crippen LogP contribution in [0.2, 0.25) is 0 Å². The molecule has 2 amide bonds. The summed E-state index contributed by atoms with van der Waals surface area (Å²) in [4.78, 5) is 41.1. The van der Waals surface area contributed by atoms with Gasteiger partial charge in [-0.3, -0.25) is 9.59 Å². The van der Waals surface area contributed by atoms with Crippen LogP contribution in [0.1, 0.15) is 58.3 Å². The SMILES string of the molecule is CCOC(=O)c1c(NC(=O)C(C)Sc2cccc(NC(=O)c3c(OC)cccc3OC)c2)sc2c1CCC(C)C2. The second-order valence-electron chi connectivity index (χ2n) is 9.55. The Kier molecular flexibility index (Phi) is 9.76. The summed E-state index contributed by atoms with van der Waals surface area (Å²) >= 11 is 2.83. The Hall–Kier alpha value is -3.50. The number of fused-ring (bicyclic) bond motifs is 1. The number of nitrogens with one attached hydrogen (secondary N) is 2. The Morgan fingerprint density at radius 2 is 1.75 bits per heavy atom. The zero-order valence-electron chi connectivity index (χ0n) is 23.3. The molecule has 2 N–H and O–H groups in total. The van der Waals surface area contributed by atoms with Gasteiger partial charge in [0.15, 0.2) is 0 Å². The van der Waals surface area contributed by atoms with Crippen LogP contribution < -0.4 is 20.1 Å². The number of thioether (sulfide) groups is 1. The number of anilines is 2. The maximum absolute atomic E-state index is 13.2. The summed E-state index contributed by atoms with van der Waals surface area (Å²) in [6.07, 6.45) is 2.71. The normalized spacial score (nSPS) is 15.0. The molecule has 0 spiro atoms. The van der Waals surface area contributed by atoms with Crippen molar-refractivity contribution in [3.63, 3.8) is 0 Å². The van der Waals surface area contributed by atoms with Crippen LogP contribution in [0.4, 0.5) is 10.7 Å². The molecule has 2 unspecified atom stereocenters. The number of amides is 2. The third-order valence-corrected chi connectivity index (χ3v) is 8.92. The maximum Gasteiger partial charge on any atom is 0.341 e. The topological polar surface area (TPSA) is 103 Å². The zero-order chi connectivity index (χ0) is 28.8. The number of carbonyl (C=O) groups excluding carboxylic acids is 3. The molecule has 1 heterocycles. The monoisotopic (exact) mass is 582 g/mol. The predicted octanol–water partition coefficient (Wildman–Crippen LogP) is 6.44. The van der Waals surface area contributed by atoms with E-state index in [-0.39, 0.29) is 24.4 Å². The van der Waals surface area contributed by atoms with Crippen molar-refractivity contribution in [2.24, 2.45) is 5.92 Å². The highest BCUT2D eigenvalue weighted by molar-refractivity contribution is 8.00. The third-order valence-electron chi connectivity index (χ3n) is 6.66. The van der Waals surface area contributed by atoms with Crippen molar-refractivity contribution >= 4 is 51.6 Å². The van der Waals surface area contributed by atoms with Gasteiger partial charge in [-0.05, 0) is 74.9 Å².